The third-order valence-corrected chi connectivity index (χ3v) is 5.40. The number of benzene rings is 2. The second kappa shape index (κ2) is 10.7. The molecule has 0 radical (unpaired) electrons. The van der Waals surface area contributed by atoms with Gasteiger partial charge in [-0.1, -0.05) is 6.07 Å². The van der Waals surface area contributed by atoms with Gasteiger partial charge in [-0.2, -0.15) is 18.4 Å². The van der Waals surface area contributed by atoms with Gasteiger partial charge in [0.25, 0.3) is 17.7 Å². The van der Waals surface area contributed by atoms with Gasteiger partial charge >= 0.3 is 6.18 Å². The molecule has 198 valence electrons. The summed E-state index contributed by atoms with van der Waals surface area (Å²) in [7, 11) is -2.60. The zero-order valence-electron chi connectivity index (χ0n) is 19.9. The van der Waals surface area contributed by atoms with Crippen LogP contribution in [-0.2, 0) is 16.2 Å². The molecule has 1 aromatic heterocycles. The molecule has 0 fully saturated rings. The van der Waals surface area contributed by atoms with Gasteiger partial charge in [0.05, 0.1) is 25.0 Å². The number of carbonyl (C=O) groups excluding carboxylic acids is 2. The Balaban J connectivity index is 2.04. The molecule has 2 aromatic carbocycles. The number of rotatable bonds is 7. The summed E-state index contributed by atoms with van der Waals surface area (Å²) < 4.78 is 75.8. The minimum absolute atomic E-state index is 0.0391. The van der Waals surface area contributed by atoms with Gasteiger partial charge in [0.15, 0.2) is 17.2 Å². The highest BCUT2D eigenvalue weighted by Gasteiger charge is 2.38. The quantitative estimate of drug-likeness (QED) is 0.450. The summed E-state index contributed by atoms with van der Waals surface area (Å²) >= 11 is 0. The number of nitrogens with zero attached hydrogens (tertiary/aromatic N) is 3. The van der Waals surface area contributed by atoms with Crippen molar-refractivity contribution in [3.8, 4) is 23.4 Å². The van der Waals surface area contributed by atoms with E-state index >= 15 is 0 Å². The van der Waals surface area contributed by atoms with Crippen LogP contribution in [0.5, 0.6) is 17.4 Å². The van der Waals surface area contributed by atoms with Gasteiger partial charge in [-0.15, -0.1) is 10.2 Å². The Labute approximate surface area is 214 Å². The number of nitriles is 1. The molecule has 0 aliphatic carbocycles. The number of halogens is 3. The highest BCUT2D eigenvalue weighted by molar-refractivity contribution is 7.89. The lowest BCUT2D eigenvalue weighted by Gasteiger charge is -2.17. The monoisotopic (exact) mass is 549 g/mol. The molecule has 38 heavy (non-hydrogen) atoms. The molecule has 0 spiro atoms. The first-order valence-electron chi connectivity index (χ1n) is 10.4. The van der Waals surface area contributed by atoms with Crippen molar-refractivity contribution >= 4 is 27.5 Å². The highest BCUT2D eigenvalue weighted by Crippen LogP contribution is 2.37. The van der Waals surface area contributed by atoms with Crippen molar-refractivity contribution < 1.29 is 40.7 Å². The smallest absolute Gasteiger partial charge is 0.435 e. The van der Waals surface area contributed by atoms with Gasteiger partial charge in [-0.05, 0) is 42.8 Å². The van der Waals surface area contributed by atoms with E-state index in [1.54, 1.807) is 4.72 Å². The fraction of sp³-hybridized carbons (Fsp3) is 0.174. The number of hydrogen-bond donors (Lipinski definition) is 2. The second-order valence-corrected chi connectivity index (χ2v) is 9.42. The van der Waals surface area contributed by atoms with E-state index in [1.807, 2.05) is 6.07 Å². The zero-order valence-corrected chi connectivity index (χ0v) is 20.7. The largest absolute Gasteiger partial charge is 0.493 e. The van der Waals surface area contributed by atoms with Crippen molar-refractivity contribution in [2.24, 2.45) is 0 Å². The van der Waals surface area contributed by atoms with Crippen LogP contribution in [0, 0.1) is 18.3 Å². The standard InChI is InChI=1S/C23H18F3N5O6S/c1-12-18(21(33)28-15-6-4-5-14(10-15)20(32)31-38(3,34)35)22(30-29-19(12)23(24,25)26)37-16-8-7-13(11-27)9-17(16)36-2/h4-10H,1-3H3,(H,28,33)(H,31,32). The summed E-state index contributed by atoms with van der Waals surface area (Å²) in [6.45, 7) is 1.01. The molecule has 0 unspecified atom stereocenters. The second-order valence-electron chi connectivity index (χ2n) is 7.67. The molecular weight excluding hydrogens is 531 g/mol. The van der Waals surface area contributed by atoms with E-state index in [9.17, 15) is 31.2 Å². The molecule has 0 aliphatic rings. The fourth-order valence-electron chi connectivity index (χ4n) is 3.19. The Morgan fingerprint density at radius 3 is 2.37 bits per heavy atom. The maximum Gasteiger partial charge on any atom is 0.435 e. The topological polar surface area (TPSA) is 160 Å². The van der Waals surface area contributed by atoms with Crippen molar-refractivity contribution in [2.45, 2.75) is 13.1 Å². The van der Waals surface area contributed by atoms with Crippen molar-refractivity contribution in [1.29, 1.82) is 5.26 Å². The van der Waals surface area contributed by atoms with Crippen LogP contribution in [0.1, 0.15) is 37.5 Å². The van der Waals surface area contributed by atoms with E-state index < -0.39 is 50.7 Å². The molecule has 11 nitrogen and oxygen atoms in total. The predicted octanol–water partition coefficient (Wildman–Crippen LogP) is 3.42. The Hall–Kier alpha value is -4.71. The van der Waals surface area contributed by atoms with Gasteiger partial charge in [-0.25, -0.2) is 13.1 Å². The van der Waals surface area contributed by atoms with Crippen LogP contribution in [0.4, 0.5) is 18.9 Å². The first-order chi connectivity index (χ1) is 17.7. The average Bonchev–Trinajstić information content (AvgIpc) is 2.82. The molecule has 0 bridgehead atoms. The molecule has 0 saturated carbocycles. The molecule has 2 N–H and O–H groups in total. The van der Waals surface area contributed by atoms with Gasteiger partial charge in [0, 0.05) is 17.3 Å². The van der Waals surface area contributed by atoms with Crippen LogP contribution in [-0.4, -0.2) is 43.8 Å². The molecule has 0 aliphatic heterocycles. The van der Waals surface area contributed by atoms with Crippen molar-refractivity contribution in [1.82, 2.24) is 14.9 Å². The number of amides is 2. The summed E-state index contributed by atoms with van der Waals surface area (Å²) in [5.74, 6) is -2.69. The summed E-state index contributed by atoms with van der Waals surface area (Å²) in [6.07, 6.45) is -4.17. The number of ether oxygens (including phenoxy) is 2. The van der Waals surface area contributed by atoms with Crippen LogP contribution in [0.15, 0.2) is 42.5 Å². The Morgan fingerprint density at radius 1 is 1.05 bits per heavy atom. The minimum Gasteiger partial charge on any atom is -0.493 e. The third kappa shape index (κ3) is 6.53. The molecule has 3 aromatic rings. The summed E-state index contributed by atoms with van der Waals surface area (Å²) in [4.78, 5) is 25.3. The molecule has 0 atom stereocenters. The summed E-state index contributed by atoms with van der Waals surface area (Å²) in [6, 6.07) is 10.9. The Morgan fingerprint density at radius 2 is 1.76 bits per heavy atom. The van der Waals surface area contributed by atoms with E-state index in [1.165, 1.54) is 43.5 Å². The number of aromatic nitrogens is 2. The van der Waals surface area contributed by atoms with Crippen LogP contribution < -0.4 is 19.5 Å². The van der Waals surface area contributed by atoms with Gasteiger partial charge in [-0.3, -0.25) is 9.59 Å². The lowest BCUT2D eigenvalue weighted by atomic mass is 10.1. The normalized spacial score (nSPS) is 11.3. The molecular formula is C23H18F3N5O6S. The third-order valence-electron chi connectivity index (χ3n) is 4.84. The average molecular weight is 549 g/mol. The van der Waals surface area contributed by atoms with E-state index in [-0.39, 0.29) is 28.3 Å². The lowest BCUT2D eigenvalue weighted by Crippen LogP contribution is -2.29. The number of carbonyl (C=O) groups is 2. The number of hydrogen-bond acceptors (Lipinski definition) is 9. The molecule has 1 heterocycles. The summed E-state index contributed by atoms with van der Waals surface area (Å²) in [5.41, 5.74) is -2.62. The molecule has 15 heteroatoms. The van der Waals surface area contributed by atoms with Crippen LogP contribution in [0.2, 0.25) is 0 Å². The van der Waals surface area contributed by atoms with Crippen molar-refractivity contribution in [2.75, 3.05) is 18.7 Å². The summed E-state index contributed by atoms with van der Waals surface area (Å²) in [5, 5.41) is 18.1. The van der Waals surface area contributed by atoms with Crippen molar-refractivity contribution in [3.63, 3.8) is 0 Å². The van der Waals surface area contributed by atoms with Crippen LogP contribution in [0.3, 0.4) is 0 Å². The molecule has 3 rings (SSSR count). The number of sulfonamides is 1. The molecule has 2 amide bonds. The molecule has 0 saturated heterocycles. The fourth-order valence-corrected chi connectivity index (χ4v) is 3.65. The van der Waals surface area contributed by atoms with Gasteiger partial charge < -0.3 is 14.8 Å². The van der Waals surface area contributed by atoms with Crippen molar-refractivity contribution in [3.05, 3.63) is 70.4 Å². The van der Waals surface area contributed by atoms with E-state index in [4.69, 9.17) is 14.7 Å². The maximum atomic E-state index is 13.5. The minimum atomic E-state index is -4.94. The number of methoxy groups -OCH3 is 1. The number of anilines is 1. The highest BCUT2D eigenvalue weighted by atomic mass is 32.2. The number of alkyl halides is 3. The first-order valence-corrected chi connectivity index (χ1v) is 12.3. The van der Waals surface area contributed by atoms with Gasteiger partial charge in [0.2, 0.25) is 10.0 Å². The maximum absolute atomic E-state index is 13.5. The van der Waals surface area contributed by atoms with Gasteiger partial charge in [0.1, 0.15) is 5.56 Å². The van der Waals surface area contributed by atoms with E-state index in [0.29, 0.717) is 0 Å². The lowest BCUT2D eigenvalue weighted by molar-refractivity contribution is -0.142. The van der Waals surface area contributed by atoms with E-state index in [0.717, 1.165) is 19.2 Å². The van der Waals surface area contributed by atoms with Crippen LogP contribution >= 0.6 is 0 Å². The number of nitrogens with one attached hydrogen (secondary N) is 2. The predicted molar refractivity (Wildman–Crippen MR) is 126 cm³/mol. The van der Waals surface area contributed by atoms with Crippen LogP contribution in [0.25, 0.3) is 0 Å². The zero-order chi connectivity index (χ0) is 28.3. The SMILES string of the molecule is COc1cc(C#N)ccc1Oc1nnc(C(F)(F)F)c(C)c1C(=O)Nc1cccc(C(=O)NS(C)(=O)=O)c1. The van der Waals surface area contributed by atoms with E-state index in [2.05, 4.69) is 15.5 Å². The Bertz CT molecular complexity index is 1570. The Kier molecular flexibility index (Phi) is 7.87. The first kappa shape index (κ1) is 27.9.